The summed E-state index contributed by atoms with van der Waals surface area (Å²) in [6, 6.07) is 0. The highest BCUT2D eigenvalue weighted by molar-refractivity contribution is 4.45. The summed E-state index contributed by atoms with van der Waals surface area (Å²) in [6.07, 6.45) is 2.55. The van der Waals surface area contributed by atoms with Crippen LogP contribution < -0.4 is 5.68 Å². The highest BCUT2D eigenvalue weighted by Gasteiger charge is 1.78. The van der Waals surface area contributed by atoms with Gasteiger partial charge in [0.15, 0.2) is 6.39 Å². The summed E-state index contributed by atoms with van der Waals surface area (Å²) >= 11 is 0. The molecule has 0 aliphatic carbocycles. The number of aromatic nitrogens is 2. The molecule has 0 fully saturated rings. The fourth-order valence-corrected chi connectivity index (χ4v) is 0.341. The molecule has 0 amide bonds. The summed E-state index contributed by atoms with van der Waals surface area (Å²) in [6.45, 7) is 0. The van der Waals surface area contributed by atoms with E-state index in [1.165, 1.54) is 19.8 Å². The monoisotopic (exact) mass is 127 g/mol. The standard InChI is InChI=1S/C4H5N3O2/c1-8-7-4-6-2-5-3-9-4/h2-3H,1H3. The number of nitrogens with zero attached hydrogens (tertiary/aromatic N) is 3. The average Bonchev–Trinajstić information content (AvgIpc) is 1.91. The lowest BCUT2D eigenvalue weighted by atomic mass is 11.1. The van der Waals surface area contributed by atoms with Crippen LogP contribution in [0.4, 0.5) is 0 Å². The third-order valence-electron chi connectivity index (χ3n) is 0.623. The van der Waals surface area contributed by atoms with E-state index in [0.29, 0.717) is 0 Å². The first-order valence-corrected chi connectivity index (χ1v) is 2.25. The predicted molar refractivity (Wildman–Crippen MR) is 26.9 cm³/mol. The molecular formula is C4H5N3O2. The van der Waals surface area contributed by atoms with Gasteiger partial charge in [0.1, 0.15) is 13.4 Å². The molecule has 1 heterocycles. The molecule has 1 aromatic heterocycles. The molecule has 0 aliphatic heterocycles. The van der Waals surface area contributed by atoms with Gasteiger partial charge < -0.3 is 9.25 Å². The highest BCUT2D eigenvalue weighted by atomic mass is 16.6. The Morgan fingerprint density at radius 3 is 3.22 bits per heavy atom. The fourth-order valence-electron chi connectivity index (χ4n) is 0.341. The van der Waals surface area contributed by atoms with Crippen molar-refractivity contribution >= 4 is 0 Å². The smallest absolute Gasteiger partial charge is 0.358 e. The van der Waals surface area contributed by atoms with Crippen molar-refractivity contribution in [3.8, 4) is 0 Å². The molecule has 48 valence electrons. The first-order chi connectivity index (χ1) is 4.43. The van der Waals surface area contributed by atoms with E-state index in [0.717, 1.165) is 0 Å². The quantitative estimate of drug-likeness (QED) is 0.478. The molecule has 0 N–H and O–H groups in total. The van der Waals surface area contributed by atoms with Gasteiger partial charge in [-0.05, 0) is 5.16 Å². The third-order valence-corrected chi connectivity index (χ3v) is 0.623. The van der Waals surface area contributed by atoms with E-state index < -0.39 is 0 Å². The van der Waals surface area contributed by atoms with Crippen molar-refractivity contribution in [1.82, 2.24) is 9.97 Å². The number of hydrogen-bond donors (Lipinski definition) is 0. The summed E-state index contributed by atoms with van der Waals surface area (Å²) in [4.78, 5) is 11.5. The van der Waals surface area contributed by atoms with E-state index in [1.807, 2.05) is 0 Å². The van der Waals surface area contributed by atoms with Crippen LogP contribution in [-0.2, 0) is 4.84 Å². The van der Waals surface area contributed by atoms with Crippen LogP contribution in [0.25, 0.3) is 0 Å². The first-order valence-electron chi connectivity index (χ1n) is 2.25. The van der Waals surface area contributed by atoms with Gasteiger partial charge in [-0.25, -0.2) is 4.98 Å². The minimum atomic E-state index is 0.160. The van der Waals surface area contributed by atoms with Crippen molar-refractivity contribution in [2.75, 3.05) is 7.11 Å². The van der Waals surface area contributed by atoms with E-state index in [9.17, 15) is 0 Å². The molecule has 0 saturated heterocycles. The fraction of sp³-hybridized carbons (Fsp3) is 0.250. The summed E-state index contributed by atoms with van der Waals surface area (Å²) < 4.78 is 4.65. The summed E-state index contributed by atoms with van der Waals surface area (Å²) in [5.41, 5.74) is 0.160. The molecule has 0 aromatic carbocycles. The van der Waals surface area contributed by atoms with Crippen molar-refractivity contribution in [3.63, 3.8) is 0 Å². The van der Waals surface area contributed by atoms with E-state index >= 15 is 0 Å². The molecule has 0 bridgehead atoms. The van der Waals surface area contributed by atoms with Crippen molar-refractivity contribution in [1.29, 1.82) is 0 Å². The van der Waals surface area contributed by atoms with E-state index in [2.05, 4.69) is 24.4 Å². The highest BCUT2D eigenvalue weighted by Crippen LogP contribution is 1.64. The normalized spacial score (nSPS) is 11.4. The molecular weight excluding hydrogens is 122 g/mol. The van der Waals surface area contributed by atoms with Gasteiger partial charge in [0.2, 0.25) is 0 Å². The van der Waals surface area contributed by atoms with Gasteiger partial charge in [-0.3, -0.25) is 0 Å². The Morgan fingerprint density at radius 1 is 1.78 bits per heavy atom. The van der Waals surface area contributed by atoms with Crippen LogP contribution in [0.2, 0.25) is 0 Å². The largest absolute Gasteiger partial charge is 0.410 e. The Labute approximate surface area is 51.0 Å². The minimum Gasteiger partial charge on any atom is -0.410 e. The van der Waals surface area contributed by atoms with Crippen LogP contribution in [0, 0.1) is 0 Å². The van der Waals surface area contributed by atoms with Crippen molar-refractivity contribution in [2.45, 2.75) is 0 Å². The zero-order chi connectivity index (χ0) is 6.53. The van der Waals surface area contributed by atoms with E-state index in [-0.39, 0.29) is 5.68 Å². The van der Waals surface area contributed by atoms with Gasteiger partial charge in [-0.1, -0.05) is 0 Å². The van der Waals surface area contributed by atoms with Gasteiger partial charge in [0.05, 0.1) is 0 Å². The van der Waals surface area contributed by atoms with Gasteiger partial charge in [0.25, 0.3) is 0 Å². The second-order valence-electron chi connectivity index (χ2n) is 1.17. The van der Waals surface area contributed by atoms with Crippen LogP contribution in [0.15, 0.2) is 22.3 Å². The van der Waals surface area contributed by atoms with Crippen LogP contribution in [0.1, 0.15) is 0 Å². The molecule has 1 aromatic rings. The molecule has 9 heavy (non-hydrogen) atoms. The Bertz CT molecular complexity index is 214. The Hall–Kier alpha value is -1.39. The lowest BCUT2D eigenvalue weighted by Crippen LogP contribution is -2.05. The van der Waals surface area contributed by atoms with Gasteiger partial charge in [-0.15, -0.1) is 0 Å². The van der Waals surface area contributed by atoms with Crippen molar-refractivity contribution < 1.29 is 9.25 Å². The zero-order valence-electron chi connectivity index (χ0n) is 4.81. The maximum absolute atomic E-state index is 4.65. The summed E-state index contributed by atoms with van der Waals surface area (Å²) in [5, 5.41) is 3.39. The van der Waals surface area contributed by atoms with Gasteiger partial charge >= 0.3 is 5.68 Å². The molecule has 0 unspecified atom stereocenters. The lowest BCUT2D eigenvalue weighted by Gasteiger charge is -1.81. The molecule has 5 nitrogen and oxygen atoms in total. The Morgan fingerprint density at radius 2 is 2.67 bits per heavy atom. The first kappa shape index (κ1) is 5.74. The predicted octanol–water partition coefficient (Wildman–Crippen LogP) is -0.468. The van der Waals surface area contributed by atoms with Crippen molar-refractivity contribution in [3.05, 3.63) is 18.4 Å². The van der Waals surface area contributed by atoms with Gasteiger partial charge in [0, 0.05) is 0 Å². The maximum atomic E-state index is 4.65. The molecule has 0 spiro atoms. The topological polar surface area (TPSA) is 60.5 Å². The molecule has 0 aliphatic rings. The molecule has 0 atom stereocenters. The Balaban J connectivity index is 2.97. The molecule has 5 heteroatoms. The SMILES string of the molecule is CON=c1ncnco1. The van der Waals surface area contributed by atoms with Gasteiger partial charge in [-0.2, -0.15) is 4.98 Å². The average molecular weight is 127 g/mol. The lowest BCUT2D eigenvalue weighted by molar-refractivity contribution is 0.178. The third kappa shape index (κ3) is 1.52. The Kier molecular flexibility index (Phi) is 1.79. The van der Waals surface area contributed by atoms with E-state index in [4.69, 9.17) is 0 Å². The van der Waals surface area contributed by atoms with Crippen LogP contribution in [-0.4, -0.2) is 17.1 Å². The number of hydrogen-bond acceptors (Lipinski definition) is 5. The molecule has 0 radical (unpaired) electrons. The zero-order valence-corrected chi connectivity index (χ0v) is 4.81. The van der Waals surface area contributed by atoms with Crippen LogP contribution in [0.3, 0.4) is 0 Å². The number of rotatable bonds is 1. The van der Waals surface area contributed by atoms with E-state index in [1.54, 1.807) is 0 Å². The minimum absolute atomic E-state index is 0.160. The molecule has 1 rings (SSSR count). The van der Waals surface area contributed by atoms with Crippen LogP contribution in [0.5, 0.6) is 0 Å². The summed E-state index contributed by atoms with van der Waals surface area (Å²) in [7, 11) is 1.41. The maximum Gasteiger partial charge on any atom is 0.358 e. The summed E-state index contributed by atoms with van der Waals surface area (Å²) in [5.74, 6) is 0. The second-order valence-corrected chi connectivity index (χ2v) is 1.17. The van der Waals surface area contributed by atoms with Crippen LogP contribution >= 0.6 is 0 Å². The molecule has 0 saturated carbocycles. The second kappa shape index (κ2) is 2.81. The van der Waals surface area contributed by atoms with Crippen molar-refractivity contribution in [2.24, 2.45) is 5.16 Å².